The summed E-state index contributed by atoms with van der Waals surface area (Å²) in [4.78, 5) is 0. The number of benzene rings is 1. The van der Waals surface area contributed by atoms with Gasteiger partial charge < -0.3 is 0 Å². The van der Waals surface area contributed by atoms with Crippen LogP contribution in [0.15, 0.2) is 18.2 Å². The van der Waals surface area contributed by atoms with Crippen molar-refractivity contribution in [3.05, 3.63) is 35.4 Å². The van der Waals surface area contributed by atoms with E-state index in [9.17, 15) is 8.78 Å². The van der Waals surface area contributed by atoms with Crippen LogP contribution in [-0.4, -0.2) is 0 Å². The maximum Gasteiger partial charge on any atom is 0.130 e. The Hall–Kier alpha value is -1.00. The number of nitrogens with one attached hydrogen (secondary N) is 1. The topological polar surface area (TPSA) is 38.0 Å². The zero-order valence-corrected chi connectivity index (χ0v) is 8.56. The van der Waals surface area contributed by atoms with Crippen molar-refractivity contribution in [3.8, 4) is 0 Å². The van der Waals surface area contributed by atoms with Gasteiger partial charge >= 0.3 is 0 Å². The lowest BCUT2D eigenvalue weighted by molar-refractivity contribution is 0.347. The summed E-state index contributed by atoms with van der Waals surface area (Å²) in [5.41, 5.74) is 2.46. The highest BCUT2D eigenvalue weighted by molar-refractivity contribution is 5.26. The Morgan fingerprint density at radius 2 is 1.87 bits per heavy atom. The van der Waals surface area contributed by atoms with E-state index in [1.807, 2.05) is 6.92 Å². The molecule has 1 aliphatic carbocycles. The standard InChI is InChI=1S/C11H14F2N2/c1-11(5-6-11)10(15-14)9-7(12)3-2-4-8(9)13/h2-4,10,15H,5-6,14H2,1H3. The van der Waals surface area contributed by atoms with Crippen LogP contribution in [0.25, 0.3) is 0 Å². The second-order valence-electron chi connectivity index (χ2n) is 4.39. The van der Waals surface area contributed by atoms with E-state index in [0.717, 1.165) is 12.8 Å². The van der Waals surface area contributed by atoms with Crippen molar-refractivity contribution >= 4 is 0 Å². The molecule has 1 saturated carbocycles. The molecule has 2 nitrogen and oxygen atoms in total. The summed E-state index contributed by atoms with van der Waals surface area (Å²) < 4.78 is 27.0. The maximum absolute atomic E-state index is 13.5. The van der Waals surface area contributed by atoms with Gasteiger partial charge in [-0.05, 0) is 30.4 Å². The average Bonchev–Trinajstić information content (AvgIpc) is 2.91. The van der Waals surface area contributed by atoms with Gasteiger partial charge in [-0.15, -0.1) is 0 Å². The molecule has 15 heavy (non-hydrogen) atoms. The fourth-order valence-corrected chi connectivity index (χ4v) is 1.91. The lowest BCUT2D eigenvalue weighted by Gasteiger charge is -2.23. The van der Waals surface area contributed by atoms with Gasteiger partial charge in [-0.2, -0.15) is 0 Å². The third-order valence-electron chi connectivity index (χ3n) is 3.19. The van der Waals surface area contributed by atoms with Crippen LogP contribution in [0.5, 0.6) is 0 Å². The van der Waals surface area contributed by atoms with Gasteiger partial charge in [0.05, 0.1) is 6.04 Å². The number of halogens is 2. The van der Waals surface area contributed by atoms with Crippen molar-refractivity contribution in [3.63, 3.8) is 0 Å². The molecule has 0 spiro atoms. The highest BCUT2D eigenvalue weighted by Crippen LogP contribution is 2.54. The van der Waals surface area contributed by atoms with Crippen molar-refractivity contribution in [1.82, 2.24) is 5.43 Å². The maximum atomic E-state index is 13.5. The summed E-state index contributed by atoms with van der Waals surface area (Å²) in [5, 5.41) is 0. The first kappa shape index (κ1) is 10.5. The molecule has 1 aromatic carbocycles. The van der Waals surface area contributed by atoms with E-state index in [1.165, 1.54) is 18.2 Å². The van der Waals surface area contributed by atoms with Crippen LogP contribution in [0.3, 0.4) is 0 Å². The number of hydrazine groups is 1. The van der Waals surface area contributed by atoms with Crippen LogP contribution >= 0.6 is 0 Å². The third kappa shape index (κ3) is 1.75. The monoisotopic (exact) mass is 212 g/mol. The zero-order chi connectivity index (χ0) is 11.1. The molecule has 0 aliphatic heterocycles. The van der Waals surface area contributed by atoms with Crippen molar-refractivity contribution in [2.75, 3.05) is 0 Å². The van der Waals surface area contributed by atoms with Crippen molar-refractivity contribution in [2.45, 2.75) is 25.8 Å². The minimum atomic E-state index is -0.536. The molecule has 0 aromatic heterocycles. The van der Waals surface area contributed by atoms with E-state index in [1.54, 1.807) is 0 Å². The molecule has 0 saturated heterocycles. The summed E-state index contributed by atoms with van der Waals surface area (Å²) in [5.74, 6) is 4.31. The summed E-state index contributed by atoms with van der Waals surface area (Å²) in [7, 11) is 0. The number of hydrogen-bond donors (Lipinski definition) is 2. The van der Waals surface area contributed by atoms with Crippen molar-refractivity contribution in [1.29, 1.82) is 0 Å². The molecule has 1 aromatic rings. The van der Waals surface area contributed by atoms with Gasteiger partial charge in [-0.25, -0.2) is 8.78 Å². The average molecular weight is 212 g/mol. The second kappa shape index (κ2) is 3.54. The fraction of sp³-hybridized carbons (Fsp3) is 0.455. The lowest BCUT2D eigenvalue weighted by atomic mass is 9.91. The molecule has 2 rings (SSSR count). The molecule has 0 amide bonds. The molecule has 3 N–H and O–H groups in total. The molecule has 1 unspecified atom stereocenters. The SMILES string of the molecule is CC1(C(NN)c2c(F)cccc2F)CC1. The number of rotatable bonds is 3. The van der Waals surface area contributed by atoms with E-state index in [0.29, 0.717) is 0 Å². The molecular weight excluding hydrogens is 198 g/mol. The summed E-state index contributed by atoms with van der Waals surface area (Å²) >= 11 is 0. The highest BCUT2D eigenvalue weighted by Gasteiger charge is 2.46. The lowest BCUT2D eigenvalue weighted by Crippen LogP contribution is -2.34. The summed E-state index contributed by atoms with van der Waals surface area (Å²) in [6.07, 6.45) is 1.88. The predicted octanol–water partition coefficient (Wildman–Crippen LogP) is 2.27. The minimum Gasteiger partial charge on any atom is -0.271 e. The molecule has 1 atom stereocenters. The molecule has 0 radical (unpaired) electrons. The smallest absolute Gasteiger partial charge is 0.130 e. The van der Waals surface area contributed by atoms with E-state index in [2.05, 4.69) is 5.43 Å². The van der Waals surface area contributed by atoms with Crippen LogP contribution in [0.4, 0.5) is 8.78 Å². The Morgan fingerprint density at radius 3 is 2.27 bits per heavy atom. The van der Waals surface area contributed by atoms with Crippen LogP contribution in [0.1, 0.15) is 31.4 Å². The molecule has 0 heterocycles. The molecule has 1 aliphatic rings. The molecule has 1 fully saturated rings. The molecular formula is C11H14F2N2. The predicted molar refractivity (Wildman–Crippen MR) is 53.8 cm³/mol. The number of nitrogens with two attached hydrogens (primary N) is 1. The first-order chi connectivity index (χ1) is 7.08. The fourth-order valence-electron chi connectivity index (χ4n) is 1.91. The Bertz CT molecular complexity index is 355. The third-order valence-corrected chi connectivity index (χ3v) is 3.19. The van der Waals surface area contributed by atoms with Gasteiger partial charge in [0.25, 0.3) is 0 Å². The first-order valence-electron chi connectivity index (χ1n) is 4.98. The van der Waals surface area contributed by atoms with Gasteiger partial charge in [-0.3, -0.25) is 11.3 Å². The van der Waals surface area contributed by atoms with E-state index in [4.69, 9.17) is 5.84 Å². The van der Waals surface area contributed by atoms with Crippen molar-refractivity contribution in [2.24, 2.45) is 11.3 Å². The van der Waals surface area contributed by atoms with E-state index >= 15 is 0 Å². The zero-order valence-electron chi connectivity index (χ0n) is 8.56. The molecule has 0 bridgehead atoms. The highest BCUT2D eigenvalue weighted by atomic mass is 19.1. The Kier molecular flexibility index (Phi) is 2.48. The summed E-state index contributed by atoms with van der Waals surface area (Å²) in [6.45, 7) is 1.98. The molecule has 4 heteroatoms. The largest absolute Gasteiger partial charge is 0.271 e. The van der Waals surface area contributed by atoms with E-state index in [-0.39, 0.29) is 11.0 Å². The summed E-state index contributed by atoms with van der Waals surface area (Å²) in [6, 6.07) is 3.43. The Balaban J connectivity index is 2.42. The van der Waals surface area contributed by atoms with Gasteiger partial charge in [0.2, 0.25) is 0 Å². The molecule has 82 valence electrons. The Labute approximate surface area is 87.4 Å². The quantitative estimate of drug-likeness (QED) is 0.595. The number of hydrogen-bond acceptors (Lipinski definition) is 2. The van der Waals surface area contributed by atoms with Gasteiger partial charge in [0, 0.05) is 5.56 Å². The van der Waals surface area contributed by atoms with Crippen LogP contribution in [0, 0.1) is 17.0 Å². The Morgan fingerprint density at radius 1 is 1.33 bits per heavy atom. The van der Waals surface area contributed by atoms with Crippen LogP contribution in [-0.2, 0) is 0 Å². The second-order valence-corrected chi connectivity index (χ2v) is 4.39. The normalized spacial score (nSPS) is 20.0. The van der Waals surface area contributed by atoms with Gasteiger partial charge in [-0.1, -0.05) is 13.0 Å². The minimum absolute atomic E-state index is 0.0556. The van der Waals surface area contributed by atoms with Crippen molar-refractivity contribution < 1.29 is 8.78 Å². The van der Waals surface area contributed by atoms with Gasteiger partial charge in [0.1, 0.15) is 11.6 Å². The van der Waals surface area contributed by atoms with Crippen LogP contribution in [0.2, 0.25) is 0 Å². The van der Waals surface area contributed by atoms with E-state index < -0.39 is 17.7 Å². The first-order valence-corrected chi connectivity index (χ1v) is 4.98. The van der Waals surface area contributed by atoms with Gasteiger partial charge in [0.15, 0.2) is 0 Å². The van der Waals surface area contributed by atoms with Crippen LogP contribution < -0.4 is 11.3 Å².